The Morgan fingerprint density at radius 1 is 1.18 bits per heavy atom. The van der Waals surface area contributed by atoms with Crippen LogP contribution < -0.4 is 15.4 Å². The number of hydrogen-bond acceptors (Lipinski definition) is 6. The molecule has 0 bridgehead atoms. The van der Waals surface area contributed by atoms with Crippen LogP contribution in [0.3, 0.4) is 0 Å². The molecular formula is C11H20N4O2. The average Bonchev–Trinajstić information content (AvgIpc) is 2.33. The summed E-state index contributed by atoms with van der Waals surface area (Å²) in [7, 11) is 3.28. The summed E-state index contributed by atoms with van der Waals surface area (Å²) in [6.07, 6.45) is 0. The van der Waals surface area contributed by atoms with Gasteiger partial charge in [-0.3, -0.25) is 0 Å². The van der Waals surface area contributed by atoms with Gasteiger partial charge in [-0.15, -0.1) is 0 Å². The van der Waals surface area contributed by atoms with Gasteiger partial charge in [0.2, 0.25) is 11.8 Å². The third-order valence-corrected chi connectivity index (χ3v) is 2.11. The summed E-state index contributed by atoms with van der Waals surface area (Å²) in [5, 5.41) is 6.36. The van der Waals surface area contributed by atoms with Crippen LogP contribution in [0.1, 0.15) is 5.69 Å². The topological polar surface area (TPSA) is 68.3 Å². The molecule has 0 saturated carbocycles. The summed E-state index contributed by atoms with van der Waals surface area (Å²) < 4.78 is 10.0. The Labute approximate surface area is 102 Å². The SMILES string of the molecule is COCCNCCNc1nc(C)cc(OC)n1. The van der Waals surface area contributed by atoms with E-state index >= 15 is 0 Å². The lowest BCUT2D eigenvalue weighted by Gasteiger charge is -2.08. The normalized spacial score (nSPS) is 10.3. The molecule has 0 aliphatic heterocycles. The second-order valence-electron chi connectivity index (χ2n) is 3.54. The van der Waals surface area contributed by atoms with Gasteiger partial charge in [-0.05, 0) is 6.92 Å². The molecular weight excluding hydrogens is 220 g/mol. The first-order valence-corrected chi connectivity index (χ1v) is 5.59. The van der Waals surface area contributed by atoms with E-state index in [0.717, 1.165) is 31.9 Å². The minimum Gasteiger partial charge on any atom is -0.481 e. The monoisotopic (exact) mass is 240 g/mol. The molecule has 0 amide bonds. The summed E-state index contributed by atoms with van der Waals surface area (Å²) in [5.74, 6) is 1.17. The van der Waals surface area contributed by atoms with E-state index in [4.69, 9.17) is 9.47 Å². The molecule has 0 atom stereocenters. The van der Waals surface area contributed by atoms with Crippen LogP contribution in [0, 0.1) is 6.92 Å². The fraction of sp³-hybridized carbons (Fsp3) is 0.636. The number of anilines is 1. The van der Waals surface area contributed by atoms with Crippen molar-refractivity contribution in [2.24, 2.45) is 0 Å². The highest BCUT2D eigenvalue weighted by Gasteiger charge is 2.00. The molecule has 0 aliphatic carbocycles. The van der Waals surface area contributed by atoms with Crippen LogP contribution in [0.2, 0.25) is 0 Å². The predicted molar refractivity (Wildman–Crippen MR) is 66.6 cm³/mol. The second-order valence-corrected chi connectivity index (χ2v) is 3.54. The van der Waals surface area contributed by atoms with Crippen molar-refractivity contribution in [2.75, 3.05) is 45.8 Å². The van der Waals surface area contributed by atoms with E-state index in [-0.39, 0.29) is 0 Å². The van der Waals surface area contributed by atoms with Gasteiger partial charge in [-0.25, -0.2) is 4.98 Å². The maximum atomic E-state index is 5.07. The van der Waals surface area contributed by atoms with Gasteiger partial charge in [0, 0.05) is 38.5 Å². The second kappa shape index (κ2) is 7.81. The Kier molecular flexibility index (Phi) is 6.27. The standard InChI is InChI=1S/C11H20N4O2/c1-9-8-10(17-3)15-11(14-9)13-5-4-12-6-7-16-2/h8,12H,4-7H2,1-3H3,(H,13,14,15). The van der Waals surface area contributed by atoms with Crippen LogP contribution >= 0.6 is 0 Å². The van der Waals surface area contributed by atoms with E-state index in [1.165, 1.54) is 0 Å². The van der Waals surface area contributed by atoms with E-state index < -0.39 is 0 Å². The number of aromatic nitrogens is 2. The Morgan fingerprint density at radius 2 is 2.00 bits per heavy atom. The fourth-order valence-electron chi connectivity index (χ4n) is 1.29. The Balaban J connectivity index is 2.28. The van der Waals surface area contributed by atoms with E-state index in [2.05, 4.69) is 20.6 Å². The fourth-order valence-corrected chi connectivity index (χ4v) is 1.29. The predicted octanol–water partition coefficient (Wildman–Crippen LogP) is 0.442. The number of rotatable bonds is 8. The third kappa shape index (κ3) is 5.46. The highest BCUT2D eigenvalue weighted by molar-refractivity contribution is 5.30. The Morgan fingerprint density at radius 3 is 2.71 bits per heavy atom. The van der Waals surface area contributed by atoms with Crippen LogP contribution in [0.5, 0.6) is 5.88 Å². The van der Waals surface area contributed by atoms with Gasteiger partial charge in [0.1, 0.15) is 0 Å². The molecule has 1 rings (SSSR count). The van der Waals surface area contributed by atoms with Crippen LogP contribution in [0.15, 0.2) is 6.07 Å². The molecule has 17 heavy (non-hydrogen) atoms. The first kappa shape index (κ1) is 13.7. The highest BCUT2D eigenvalue weighted by atomic mass is 16.5. The minimum atomic E-state index is 0.576. The van der Waals surface area contributed by atoms with E-state index in [1.807, 2.05) is 6.92 Å². The molecule has 0 unspecified atom stereocenters. The molecule has 0 aromatic carbocycles. The van der Waals surface area contributed by atoms with Gasteiger partial charge in [0.15, 0.2) is 0 Å². The molecule has 1 heterocycles. The Hall–Kier alpha value is -1.40. The maximum absolute atomic E-state index is 5.07. The lowest BCUT2D eigenvalue weighted by atomic mass is 10.4. The van der Waals surface area contributed by atoms with Crippen molar-refractivity contribution in [3.63, 3.8) is 0 Å². The van der Waals surface area contributed by atoms with Crippen LogP contribution in [0.4, 0.5) is 5.95 Å². The van der Waals surface area contributed by atoms with Gasteiger partial charge in [-0.2, -0.15) is 4.98 Å². The van der Waals surface area contributed by atoms with Crippen molar-refractivity contribution in [3.8, 4) is 5.88 Å². The molecule has 1 aromatic rings. The largest absolute Gasteiger partial charge is 0.481 e. The summed E-state index contributed by atoms with van der Waals surface area (Å²) in [4.78, 5) is 8.45. The molecule has 0 spiro atoms. The van der Waals surface area contributed by atoms with Crippen LogP contribution in [0.25, 0.3) is 0 Å². The molecule has 0 radical (unpaired) electrons. The average molecular weight is 240 g/mol. The van der Waals surface area contributed by atoms with Crippen molar-refractivity contribution in [1.82, 2.24) is 15.3 Å². The zero-order valence-electron chi connectivity index (χ0n) is 10.6. The molecule has 0 saturated heterocycles. The third-order valence-electron chi connectivity index (χ3n) is 2.11. The molecule has 96 valence electrons. The van der Waals surface area contributed by atoms with Crippen LogP contribution in [-0.4, -0.2) is 50.4 Å². The first-order valence-electron chi connectivity index (χ1n) is 5.59. The van der Waals surface area contributed by atoms with Crippen molar-refractivity contribution in [1.29, 1.82) is 0 Å². The number of nitrogens with one attached hydrogen (secondary N) is 2. The minimum absolute atomic E-state index is 0.576. The molecule has 6 heteroatoms. The molecule has 0 aliphatic rings. The highest BCUT2D eigenvalue weighted by Crippen LogP contribution is 2.10. The smallest absolute Gasteiger partial charge is 0.226 e. The summed E-state index contributed by atoms with van der Waals surface area (Å²) >= 11 is 0. The molecule has 6 nitrogen and oxygen atoms in total. The van der Waals surface area contributed by atoms with Crippen molar-refractivity contribution in [3.05, 3.63) is 11.8 Å². The Bertz CT molecular complexity index is 333. The molecule has 0 fully saturated rings. The summed E-state index contributed by atoms with van der Waals surface area (Å²) in [6, 6.07) is 1.79. The van der Waals surface area contributed by atoms with Gasteiger partial charge in [-0.1, -0.05) is 0 Å². The first-order chi connectivity index (χ1) is 8.26. The van der Waals surface area contributed by atoms with E-state index in [9.17, 15) is 0 Å². The number of nitrogens with zero attached hydrogens (tertiary/aromatic N) is 2. The maximum Gasteiger partial charge on any atom is 0.226 e. The number of hydrogen-bond donors (Lipinski definition) is 2. The molecule has 2 N–H and O–H groups in total. The van der Waals surface area contributed by atoms with Crippen molar-refractivity contribution < 1.29 is 9.47 Å². The van der Waals surface area contributed by atoms with Crippen molar-refractivity contribution in [2.45, 2.75) is 6.92 Å². The van der Waals surface area contributed by atoms with Gasteiger partial charge in [0.25, 0.3) is 0 Å². The van der Waals surface area contributed by atoms with Gasteiger partial charge >= 0.3 is 0 Å². The lowest BCUT2D eigenvalue weighted by Crippen LogP contribution is -2.25. The summed E-state index contributed by atoms with van der Waals surface area (Å²) in [5.41, 5.74) is 0.881. The quantitative estimate of drug-likeness (QED) is 0.643. The van der Waals surface area contributed by atoms with Crippen LogP contribution in [-0.2, 0) is 4.74 Å². The number of ether oxygens (including phenoxy) is 2. The van der Waals surface area contributed by atoms with E-state index in [1.54, 1.807) is 20.3 Å². The zero-order valence-corrected chi connectivity index (χ0v) is 10.6. The van der Waals surface area contributed by atoms with E-state index in [0.29, 0.717) is 11.8 Å². The lowest BCUT2D eigenvalue weighted by molar-refractivity contribution is 0.200. The zero-order chi connectivity index (χ0) is 12.5. The summed E-state index contributed by atoms with van der Waals surface area (Å²) in [6.45, 7) is 5.07. The van der Waals surface area contributed by atoms with Crippen molar-refractivity contribution >= 4 is 5.95 Å². The number of aryl methyl sites for hydroxylation is 1. The van der Waals surface area contributed by atoms with Gasteiger partial charge < -0.3 is 20.1 Å². The van der Waals surface area contributed by atoms with Gasteiger partial charge in [0.05, 0.1) is 13.7 Å². The molecule has 1 aromatic heterocycles. The number of methoxy groups -OCH3 is 2.